The Labute approximate surface area is 351 Å². The van der Waals surface area contributed by atoms with Crippen molar-refractivity contribution < 1.29 is 4.42 Å². The molecule has 286 valence electrons. The summed E-state index contributed by atoms with van der Waals surface area (Å²) in [6, 6.07) is 62.8. The topological polar surface area (TPSA) is 56.7 Å². The zero-order valence-electron chi connectivity index (χ0n) is 33.5. The molecule has 0 aliphatic heterocycles. The van der Waals surface area contributed by atoms with Gasteiger partial charge in [-0.3, -0.25) is 4.98 Å². The van der Waals surface area contributed by atoms with Crippen LogP contribution in [0.15, 0.2) is 187 Å². The minimum Gasteiger partial charge on any atom is -0.456 e. The number of nitrogens with zero attached hydrogens (tertiary/aromatic N) is 4. The van der Waals surface area contributed by atoms with Gasteiger partial charge in [-0.05, 0) is 106 Å². The van der Waals surface area contributed by atoms with E-state index in [9.17, 15) is 0 Å². The van der Waals surface area contributed by atoms with Gasteiger partial charge in [-0.2, -0.15) is 0 Å². The number of rotatable bonds is 4. The highest BCUT2D eigenvalue weighted by Gasteiger charge is 2.40. The van der Waals surface area contributed by atoms with Gasteiger partial charge in [0.15, 0.2) is 5.82 Å². The second kappa shape index (κ2) is 12.6. The summed E-state index contributed by atoms with van der Waals surface area (Å²) in [5.41, 5.74) is 15.4. The van der Waals surface area contributed by atoms with Gasteiger partial charge in [0.2, 0.25) is 0 Å². The third-order valence-corrected chi connectivity index (χ3v) is 13.0. The molecular weight excluding hydrogens is 745 g/mol. The van der Waals surface area contributed by atoms with Crippen LogP contribution in [0.4, 0.5) is 0 Å². The second-order valence-electron chi connectivity index (χ2n) is 16.8. The van der Waals surface area contributed by atoms with Crippen LogP contribution in [-0.4, -0.2) is 19.5 Å². The van der Waals surface area contributed by atoms with E-state index < -0.39 is 5.41 Å². The van der Waals surface area contributed by atoms with Crippen molar-refractivity contribution in [2.75, 3.05) is 0 Å². The van der Waals surface area contributed by atoms with Gasteiger partial charge in [-0.25, -0.2) is 9.97 Å². The van der Waals surface area contributed by atoms with Crippen molar-refractivity contribution in [1.29, 1.82) is 0 Å². The molecule has 13 rings (SSSR count). The summed E-state index contributed by atoms with van der Waals surface area (Å²) in [6.07, 6.45) is 1.87. The van der Waals surface area contributed by atoms with E-state index in [0.29, 0.717) is 5.82 Å². The predicted molar refractivity (Wildman–Crippen MR) is 250 cm³/mol. The lowest BCUT2D eigenvalue weighted by molar-refractivity contribution is 0.636. The van der Waals surface area contributed by atoms with Crippen LogP contribution in [0.1, 0.15) is 25.1 Å². The first-order chi connectivity index (χ1) is 30.0. The molecule has 0 bridgehead atoms. The van der Waals surface area contributed by atoms with Crippen LogP contribution in [0.3, 0.4) is 0 Å². The van der Waals surface area contributed by atoms with E-state index in [1.807, 2.05) is 24.4 Å². The van der Waals surface area contributed by atoms with Gasteiger partial charge in [0.05, 0.1) is 27.9 Å². The molecule has 61 heavy (non-hydrogen) atoms. The van der Waals surface area contributed by atoms with E-state index in [-0.39, 0.29) is 0 Å². The highest BCUT2D eigenvalue weighted by molar-refractivity contribution is 6.14. The molecule has 5 heteroatoms. The highest BCUT2D eigenvalue weighted by Crippen LogP contribution is 2.53. The Morgan fingerprint density at radius 2 is 1.21 bits per heavy atom. The van der Waals surface area contributed by atoms with Gasteiger partial charge in [0.25, 0.3) is 0 Å². The summed E-state index contributed by atoms with van der Waals surface area (Å²) >= 11 is 0. The first-order valence-corrected chi connectivity index (χ1v) is 20.8. The fourth-order valence-electron chi connectivity index (χ4n) is 9.98. The van der Waals surface area contributed by atoms with Crippen LogP contribution in [0.25, 0.3) is 116 Å². The van der Waals surface area contributed by atoms with Crippen molar-refractivity contribution >= 4 is 65.4 Å². The van der Waals surface area contributed by atoms with Crippen LogP contribution in [0.5, 0.6) is 0 Å². The summed E-state index contributed by atoms with van der Waals surface area (Å²) in [5.74, 6) is 0.699. The van der Waals surface area contributed by atoms with E-state index in [4.69, 9.17) is 19.4 Å². The van der Waals surface area contributed by atoms with E-state index in [1.165, 1.54) is 38.1 Å². The highest BCUT2D eigenvalue weighted by atomic mass is 16.3. The number of aromatic nitrogens is 4. The van der Waals surface area contributed by atoms with Crippen LogP contribution in [0.2, 0.25) is 0 Å². The molecular formula is C56H36N4O. The molecule has 12 aromatic rings. The van der Waals surface area contributed by atoms with E-state index in [0.717, 1.165) is 83.3 Å². The molecule has 5 nitrogen and oxygen atoms in total. The minimum absolute atomic E-state index is 0.413. The summed E-state index contributed by atoms with van der Waals surface area (Å²) < 4.78 is 8.66. The summed E-state index contributed by atoms with van der Waals surface area (Å²) in [5, 5.41) is 8.23. The monoisotopic (exact) mass is 780 g/mol. The lowest BCUT2D eigenvalue weighted by atomic mass is 9.83. The van der Waals surface area contributed by atoms with Crippen molar-refractivity contribution in [3.05, 3.63) is 193 Å². The lowest BCUT2D eigenvalue weighted by Crippen LogP contribution is -2.18. The molecule has 0 atom stereocenters. The molecule has 0 N–H and O–H groups in total. The first kappa shape index (κ1) is 34.0. The Balaban J connectivity index is 1.00. The maximum atomic E-state index is 6.28. The van der Waals surface area contributed by atoms with Gasteiger partial charge < -0.3 is 8.98 Å². The first-order valence-electron chi connectivity index (χ1n) is 20.8. The van der Waals surface area contributed by atoms with Crippen molar-refractivity contribution in [3.8, 4) is 50.6 Å². The van der Waals surface area contributed by atoms with E-state index in [1.54, 1.807) is 0 Å². The predicted octanol–water partition coefficient (Wildman–Crippen LogP) is 14.5. The number of fused-ring (bicyclic) bond motifs is 11. The van der Waals surface area contributed by atoms with E-state index in [2.05, 4.69) is 176 Å². The summed E-state index contributed by atoms with van der Waals surface area (Å²) in [6.45, 7) is 4.59. The smallest absolute Gasteiger partial charge is 0.160 e. The van der Waals surface area contributed by atoms with Crippen LogP contribution in [0, 0.1) is 0 Å². The average molecular weight is 781 g/mol. The maximum Gasteiger partial charge on any atom is 0.160 e. The Kier molecular flexibility index (Phi) is 7.00. The molecule has 0 fully saturated rings. The van der Waals surface area contributed by atoms with Crippen molar-refractivity contribution in [3.63, 3.8) is 0 Å². The average Bonchev–Trinajstić information content (AvgIpc) is 3.92. The molecule has 0 saturated heterocycles. The standard InChI is InChI=1S/C56H36N4O/c1-56(2)46-31-37(40-17-9-13-33-14-10-28-57-52(33)40)22-26-43(46)51-53(38-23-27-50-45(30-38)42-16-6-8-19-49(42)61-50)58-55(59-54(51)56)34-20-24-39(25-21-34)60-47-18-7-5-15-41(47)44-29-35-11-3-4-12-36(35)32-48(44)60/h3-32H,1-2H3. The van der Waals surface area contributed by atoms with Gasteiger partial charge in [0, 0.05) is 66.5 Å². The molecule has 1 aliphatic carbocycles. The molecule has 0 spiro atoms. The molecule has 0 radical (unpaired) electrons. The molecule has 4 aromatic heterocycles. The van der Waals surface area contributed by atoms with Gasteiger partial charge >= 0.3 is 0 Å². The van der Waals surface area contributed by atoms with Crippen LogP contribution in [-0.2, 0) is 5.41 Å². The largest absolute Gasteiger partial charge is 0.456 e. The molecule has 0 amide bonds. The fourth-order valence-corrected chi connectivity index (χ4v) is 9.98. The number of hydrogen-bond donors (Lipinski definition) is 0. The Bertz CT molecular complexity index is 3790. The number of hydrogen-bond acceptors (Lipinski definition) is 4. The van der Waals surface area contributed by atoms with Gasteiger partial charge in [-0.15, -0.1) is 0 Å². The second-order valence-corrected chi connectivity index (χ2v) is 16.8. The van der Waals surface area contributed by atoms with Crippen LogP contribution >= 0.6 is 0 Å². The van der Waals surface area contributed by atoms with Crippen LogP contribution < -0.4 is 0 Å². The molecule has 4 heterocycles. The van der Waals surface area contributed by atoms with Crippen molar-refractivity contribution in [2.45, 2.75) is 19.3 Å². The minimum atomic E-state index is -0.413. The van der Waals surface area contributed by atoms with Gasteiger partial charge in [-0.1, -0.05) is 111 Å². The molecule has 8 aromatic carbocycles. The van der Waals surface area contributed by atoms with Crippen molar-refractivity contribution in [1.82, 2.24) is 19.5 Å². The fraction of sp³-hybridized carbons (Fsp3) is 0.0536. The normalized spacial score (nSPS) is 13.2. The SMILES string of the molecule is CC1(C)c2cc(-c3cccc4cccnc34)ccc2-c2c(-c3ccc4oc5ccccc5c4c3)nc(-c3ccc(-n4c5ccccc5c5cc6ccccc6cc54)cc3)nc21. The zero-order chi connectivity index (χ0) is 40.4. The Hall–Kier alpha value is -7.89. The Morgan fingerprint density at radius 1 is 0.492 bits per heavy atom. The zero-order valence-corrected chi connectivity index (χ0v) is 33.5. The lowest BCUT2D eigenvalue weighted by Gasteiger charge is -2.22. The summed E-state index contributed by atoms with van der Waals surface area (Å²) in [4.78, 5) is 15.8. The molecule has 0 unspecified atom stereocenters. The number of pyridine rings is 1. The summed E-state index contributed by atoms with van der Waals surface area (Å²) in [7, 11) is 0. The number of benzene rings is 8. The van der Waals surface area contributed by atoms with Crippen molar-refractivity contribution in [2.24, 2.45) is 0 Å². The third-order valence-electron chi connectivity index (χ3n) is 13.0. The number of para-hydroxylation sites is 3. The number of furan rings is 1. The molecule has 1 aliphatic rings. The quantitative estimate of drug-likeness (QED) is 0.178. The van der Waals surface area contributed by atoms with E-state index >= 15 is 0 Å². The Morgan fingerprint density at radius 3 is 2.10 bits per heavy atom. The van der Waals surface area contributed by atoms with Gasteiger partial charge in [0.1, 0.15) is 11.2 Å². The third kappa shape index (κ3) is 4.98. The molecule has 0 saturated carbocycles. The maximum absolute atomic E-state index is 6.28.